The SMILES string of the molecule is CCNC(=NCCC(OCC)C(C)C)NC1CCN(c2cc(OC)cc(OC)c2)CC1.I. The molecule has 184 valence electrons. The number of hydrogen-bond acceptors (Lipinski definition) is 5. The molecule has 8 heteroatoms. The molecule has 0 saturated carbocycles. The van der Waals surface area contributed by atoms with E-state index in [0.717, 1.165) is 75.2 Å². The Balaban J connectivity index is 0.00000512. The summed E-state index contributed by atoms with van der Waals surface area (Å²) >= 11 is 0. The predicted octanol–water partition coefficient (Wildman–Crippen LogP) is 4.30. The largest absolute Gasteiger partial charge is 0.497 e. The highest BCUT2D eigenvalue weighted by molar-refractivity contribution is 14.0. The number of nitrogens with one attached hydrogen (secondary N) is 2. The van der Waals surface area contributed by atoms with Crippen LogP contribution in [0.1, 0.15) is 47.0 Å². The zero-order chi connectivity index (χ0) is 22.6. The van der Waals surface area contributed by atoms with Gasteiger partial charge in [0.1, 0.15) is 11.5 Å². The topological polar surface area (TPSA) is 67.4 Å². The van der Waals surface area contributed by atoms with E-state index in [1.54, 1.807) is 14.2 Å². The first kappa shape index (κ1) is 28.6. The van der Waals surface area contributed by atoms with Gasteiger partial charge in [-0.15, -0.1) is 24.0 Å². The van der Waals surface area contributed by atoms with Crippen molar-refractivity contribution in [3.05, 3.63) is 18.2 Å². The van der Waals surface area contributed by atoms with Crippen molar-refractivity contribution in [2.24, 2.45) is 10.9 Å². The Morgan fingerprint density at radius 3 is 2.22 bits per heavy atom. The average Bonchev–Trinajstić information content (AvgIpc) is 2.78. The third-order valence-corrected chi connectivity index (χ3v) is 5.69. The lowest BCUT2D eigenvalue weighted by atomic mass is 10.0. The first-order valence-electron chi connectivity index (χ1n) is 11.6. The van der Waals surface area contributed by atoms with E-state index < -0.39 is 0 Å². The van der Waals surface area contributed by atoms with Crippen molar-refractivity contribution >= 4 is 35.6 Å². The lowest BCUT2D eigenvalue weighted by Crippen LogP contribution is -2.48. The maximum Gasteiger partial charge on any atom is 0.191 e. The van der Waals surface area contributed by atoms with E-state index in [-0.39, 0.29) is 30.1 Å². The van der Waals surface area contributed by atoms with Crippen LogP contribution in [0.3, 0.4) is 0 Å². The molecule has 2 rings (SSSR count). The number of hydrogen-bond donors (Lipinski definition) is 2. The minimum absolute atomic E-state index is 0. The van der Waals surface area contributed by atoms with Crippen LogP contribution in [-0.4, -0.2) is 65.1 Å². The summed E-state index contributed by atoms with van der Waals surface area (Å²) in [6.45, 7) is 12.9. The van der Waals surface area contributed by atoms with Crippen LogP contribution in [0.15, 0.2) is 23.2 Å². The third-order valence-electron chi connectivity index (χ3n) is 5.69. The molecule has 1 unspecified atom stereocenters. The molecule has 1 fully saturated rings. The second-order valence-corrected chi connectivity index (χ2v) is 8.26. The summed E-state index contributed by atoms with van der Waals surface area (Å²) in [7, 11) is 3.38. The van der Waals surface area contributed by atoms with Crippen LogP contribution >= 0.6 is 24.0 Å². The number of methoxy groups -OCH3 is 2. The Labute approximate surface area is 211 Å². The highest BCUT2D eigenvalue weighted by atomic mass is 127. The Morgan fingerprint density at radius 1 is 1.09 bits per heavy atom. The normalized spacial score (nSPS) is 15.8. The number of anilines is 1. The molecule has 0 aromatic heterocycles. The van der Waals surface area contributed by atoms with Gasteiger partial charge in [-0.05, 0) is 39.0 Å². The first-order valence-corrected chi connectivity index (χ1v) is 11.6. The van der Waals surface area contributed by atoms with Crippen molar-refractivity contribution in [1.82, 2.24) is 10.6 Å². The van der Waals surface area contributed by atoms with E-state index in [2.05, 4.69) is 55.4 Å². The monoisotopic (exact) mass is 562 g/mol. The molecule has 1 atom stereocenters. The number of halogens is 1. The molecule has 1 aliphatic heterocycles. The Hall–Kier alpha value is -1.42. The summed E-state index contributed by atoms with van der Waals surface area (Å²) < 4.78 is 16.7. The minimum atomic E-state index is 0. The number of ether oxygens (including phenoxy) is 3. The van der Waals surface area contributed by atoms with Gasteiger partial charge in [0.2, 0.25) is 0 Å². The van der Waals surface area contributed by atoms with Crippen molar-refractivity contribution in [2.75, 3.05) is 51.9 Å². The summed E-state index contributed by atoms with van der Waals surface area (Å²) in [6.07, 6.45) is 3.31. The second-order valence-electron chi connectivity index (χ2n) is 8.26. The van der Waals surface area contributed by atoms with Crippen molar-refractivity contribution < 1.29 is 14.2 Å². The zero-order valence-corrected chi connectivity index (χ0v) is 23.0. The molecular formula is C24H43IN4O3. The lowest BCUT2D eigenvalue weighted by molar-refractivity contribution is 0.0266. The molecule has 1 aromatic carbocycles. The summed E-state index contributed by atoms with van der Waals surface area (Å²) in [5.74, 6) is 3.05. The molecule has 32 heavy (non-hydrogen) atoms. The van der Waals surface area contributed by atoms with Gasteiger partial charge < -0.3 is 29.7 Å². The Bertz CT molecular complexity index is 657. The lowest BCUT2D eigenvalue weighted by Gasteiger charge is -2.35. The smallest absolute Gasteiger partial charge is 0.191 e. The number of rotatable bonds is 11. The summed E-state index contributed by atoms with van der Waals surface area (Å²) in [6, 6.07) is 6.47. The van der Waals surface area contributed by atoms with Gasteiger partial charge in [-0.2, -0.15) is 0 Å². The number of aliphatic imine (C=N–C) groups is 1. The Kier molecular flexibility index (Phi) is 13.8. The maximum absolute atomic E-state index is 5.85. The number of benzene rings is 1. The molecule has 0 amide bonds. The maximum atomic E-state index is 5.85. The molecule has 2 N–H and O–H groups in total. The summed E-state index contributed by atoms with van der Waals surface area (Å²) in [4.78, 5) is 7.19. The minimum Gasteiger partial charge on any atom is -0.497 e. The van der Waals surface area contributed by atoms with Crippen LogP contribution in [0.25, 0.3) is 0 Å². The highest BCUT2D eigenvalue weighted by Gasteiger charge is 2.21. The first-order chi connectivity index (χ1) is 15.0. The third kappa shape index (κ3) is 9.21. The molecule has 0 bridgehead atoms. The number of piperidine rings is 1. The molecule has 7 nitrogen and oxygen atoms in total. The van der Waals surface area contributed by atoms with Crippen LogP contribution in [0.4, 0.5) is 5.69 Å². The Morgan fingerprint density at radius 2 is 1.72 bits per heavy atom. The van der Waals surface area contributed by atoms with Crippen LogP contribution < -0.4 is 25.0 Å². The van der Waals surface area contributed by atoms with Gasteiger partial charge >= 0.3 is 0 Å². The van der Waals surface area contributed by atoms with Crippen LogP contribution in [0, 0.1) is 5.92 Å². The number of guanidine groups is 1. The molecular weight excluding hydrogens is 519 g/mol. The van der Waals surface area contributed by atoms with Crippen molar-refractivity contribution in [3.63, 3.8) is 0 Å². The molecule has 0 spiro atoms. The fourth-order valence-corrected chi connectivity index (χ4v) is 3.90. The van der Waals surface area contributed by atoms with Crippen LogP contribution in [0.5, 0.6) is 11.5 Å². The molecule has 0 aliphatic carbocycles. The van der Waals surface area contributed by atoms with Crippen molar-refractivity contribution in [3.8, 4) is 11.5 Å². The summed E-state index contributed by atoms with van der Waals surface area (Å²) in [5.41, 5.74) is 1.14. The van der Waals surface area contributed by atoms with Gasteiger partial charge in [-0.25, -0.2) is 0 Å². The van der Waals surface area contributed by atoms with Crippen LogP contribution in [0.2, 0.25) is 0 Å². The van der Waals surface area contributed by atoms with Gasteiger partial charge in [0.05, 0.1) is 20.3 Å². The van der Waals surface area contributed by atoms with Crippen molar-refractivity contribution in [2.45, 2.75) is 59.1 Å². The number of nitrogens with zero attached hydrogens (tertiary/aromatic N) is 2. The van der Waals surface area contributed by atoms with E-state index in [1.807, 2.05) is 6.07 Å². The van der Waals surface area contributed by atoms with Crippen molar-refractivity contribution in [1.29, 1.82) is 0 Å². The molecule has 0 radical (unpaired) electrons. The molecule has 1 aliphatic rings. The average molecular weight is 563 g/mol. The van der Waals surface area contributed by atoms with E-state index in [0.29, 0.717) is 12.0 Å². The van der Waals surface area contributed by atoms with E-state index in [9.17, 15) is 0 Å². The predicted molar refractivity (Wildman–Crippen MR) is 144 cm³/mol. The zero-order valence-electron chi connectivity index (χ0n) is 20.6. The van der Waals surface area contributed by atoms with Gasteiger partial charge in [-0.3, -0.25) is 4.99 Å². The van der Waals surface area contributed by atoms with Gasteiger partial charge in [-0.1, -0.05) is 13.8 Å². The standard InChI is InChI=1S/C24H42N4O3.HI/c1-7-25-24(26-12-9-23(18(3)4)31-8-2)27-19-10-13-28(14-11-19)20-15-21(29-5)17-22(16-20)30-6;/h15-19,23H,7-14H2,1-6H3,(H2,25,26,27);1H. The van der Waals surface area contributed by atoms with E-state index in [4.69, 9.17) is 19.2 Å². The van der Waals surface area contributed by atoms with E-state index in [1.165, 1.54) is 0 Å². The molecule has 1 saturated heterocycles. The fraction of sp³-hybridized carbons (Fsp3) is 0.708. The fourth-order valence-electron chi connectivity index (χ4n) is 3.90. The van der Waals surface area contributed by atoms with Gasteiger partial charge in [0.15, 0.2) is 5.96 Å². The summed E-state index contributed by atoms with van der Waals surface area (Å²) in [5, 5.41) is 7.02. The second kappa shape index (κ2) is 15.4. The van der Waals surface area contributed by atoms with Gasteiger partial charge in [0.25, 0.3) is 0 Å². The molecule has 1 aromatic rings. The highest BCUT2D eigenvalue weighted by Crippen LogP contribution is 2.30. The molecule has 1 heterocycles. The van der Waals surface area contributed by atoms with E-state index >= 15 is 0 Å². The van der Waals surface area contributed by atoms with Gasteiger partial charge in [0, 0.05) is 62.7 Å². The van der Waals surface area contributed by atoms with Crippen LogP contribution in [-0.2, 0) is 4.74 Å². The quantitative estimate of drug-likeness (QED) is 0.238.